The van der Waals surface area contributed by atoms with E-state index >= 15 is 0 Å². The molecule has 0 spiro atoms. The fourth-order valence-corrected chi connectivity index (χ4v) is 1.86. The maximum atomic E-state index is 9.42. The second-order valence-corrected chi connectivity index (χ2v) is 4.14. The third-order valence-corrected chi connectivity index (χ3v) is 2.52. The van der Waals surface area contributed by atoms with Crippen molar-refractivity contribution in [1.29, 1.82) is 0 Å². The summed E-state index contributed by atoms with van der Waals surface area (Å²) >= 11 is 0. The van der Waals surface area contributed by atoms with E-state index in [-0.39, 0.29) is 6.10 Å². The van der Waals surface area contributed by atoms with Crippen LogP contribution in [0.4, 0.5) is 11.6 Å². The maximum absolute atomic E-state index is 9.42. The summed E-state index contributed by atoms with van der Waals surface area (Å²) in [5.41, 5.74) is 1.09. The summed E-state index contributed by atoms with van der Waals surface area (Å²) in [6.07, 6.45) is 2.05. The minimum Gasteiger partial charge on any atom is -0.392 e. The first kappa shape index (κ1) is 13.7. The Hall–Kier alpha value is -1.36. The van der Waals surface area contributed by atoms with Crippen LogP contribution in [0.15, 0.2) is 6.33 Å². The third kappa shape index (κ3) is 3.56. The van der Waals surface area contributed by atoms with Gasteiger partial charge in [0.2, 0.25) is 0 Å². The van der Waals surface area contributed by atoms with Crippen LogP contribution in [0.5, 0.6) is 0 Å². The standard InChI is InChI=1S/C12H22N4O/c1-5-10-11(13-6-2)14-8-15-12(10)16(4)7-9(3)17/h8-9,17H,5-7H2,1-4H3,(H,13,14,15). The van der Waals surface area contributed by atoms with E-state index in [1.54, 1.807) is 13.3 Å². The molecule has 1 unspecified atom stereocenters. The van der Waals surface area contributed by atoms with Gasteiger partial charge in [-0.3, -0.25) is 0 Å². The molecule has 1 atom stereocenters. The highest BCUT2D eigenvalue weighted by molar-refractivity contribution is 5.58. The van der Waals surface area contributed by atoms with Crippen LogP contribution in [0.25, 0.3) is 0 Å². The fourth-order valence-electron chi connectivity index (χ4n) is 1.86. The first-order chi connectivity index (χ1) is 8.10. The number of rotatable bonds is 6. The van der Waals surface area contributed by atoms with E-state index in [9.17, 15) is 5.11 Å². The number of nitrogens with one attached hydrogen (secondary N) is 1. The molecule has 0 amide bonds. The van der Waals surface area contributed by atoms with E-state index in [1.807, 2.05) is 18.9 Å². The first-order valence-electron chi connectivity index (χ1n) is 6.07. The molecular formula is C12H22N4O. The van der Waals surface area contributed by atoms with E-state index in [1.165, 1.54) is 0 Å². The Bertz CT molecular complexity index is 354. The van der Waals surface area contributed by atoms with Crippen molar-refractivity contribution < 1.29 is 5.11 Å². The Morgan fingerprint density at radius 3 is 2.65 bits per heavy atom. The molecule has 0 saturated heterocycles. The van der Waals surface area contributed by atoms with Crippen LogP contribution >= 0.6 is 0 Å². The van der Waals surface area contributed by atoms with Crippen LogP contribution in [0.3, 0.4) is 0 Å². The lowest BCUT2D eigenvalue weighted by Gasteiger charge is -2.23. The van der Waals surface area contributed by atoms with Gasteiger partial charge in [-0.1, -0.05) is 6.92 Å². The number of aromatic nitrogens is 2. The number of likely N-dealkylation sites (N-methyl/N-ethyl adjacent to an activating group) is 1. The van der Waals surface area contributed by atoms with Crippen molar-refractivity contribution >= 4 is 11.6 Å². The summed E-state index contributed by atoms with van der Waals surface area (Å²) in [7, 11) is 1.93. The second kappa shape index (κ2) is 6.39. The SMILES string of the molecule is CCNc1ncnc(N(C)CC(C)O)c1CC. The van der Waals surface area contributed by atoms with Gasteiger partial charge in [-0.25, -0.2) is 9.97 Å². The molecule has 1 aromatic heterocycles. The molecule has 17 heavy (non-hydrogen) atoms. The predicted octanol–water partition coefficient (Wildman–Crippen LogP) is 1.29. The van der Waals surface area contributed by atoms with Gasteiger partial charge in [-0.15, -0.1) is 0 Å². The summed E-state index contributed by atoms with van der Waals surface area (Å²) in [4.78, 5) is 10.5. The molecule has 1 rings (SSSR count). The summed E-state index contributed by atoms with van der Waals surface area (Å²) in [6, 6.07) is 0. The molecule has 0 aliphatic carbocycles. The molecule has 0 aliphatic rings. The number of aliphatic hydroxyl groups excluding tert-OH is 1. The first-order valence-corrected chi connectivity index (χ1v) is 6.07. The summed E-state index contributed by atoms with van der Waals surface area (Å²) in [5, 5.41) is 12.7. The highest BCUT2D eigenvalue weighted by Crippen LogP contribution is 2.23. The Labute approximate surface area is 103 Å². The van der Waals surface area contributed by atoms with Gasteiger partial charge in [0, 0.05) is 25.7 Å². The van der Waals surface area contributed by atoms with E-state index in [0.29, 0.717) is 6.54 Å². The zero-order chi connectivity index (χ0) is 12.8. The van der Waals surface area contributed by atoms with Gasteiger partial charge in [0.15, 0.2) is 0 Å². The van der Waals surface area contributed by atoms with Crippen molar-refractivity contribution in [2.24, 2.45) is 0 Å². The number of hydrogen-bond donors (Lipinski definition) is 2. The smallest absolute Gasteiger partial charge is 0.137 e. The topological polar surface area (TPSA) is 61.3 Å². The predicted molar refractivity (Wildman–Crippen MR) is 70.5 cm³/mol. The van der Waals surface area contributed by atoms with Crippen LogP contribution in [-0.2, 0) is 6.42 Å². The highest BCUT2D eigenvalue weighted by atomic mass is 16.3. The molecule has 0 aromatic carbocycles. The van der Waals surface area contributed by atoms with Crippen LogP contribution < -0.4 is 10.2 Å². The van der Waals surface area contributed by atoms with Crippen LogP contribution in [0.1, 0.15) is 26.3 Å². The largest absolute Gasteiger partial charge is 0.392 e. The number of hydrogen-bond acceptors (Lipinski definition) is 5. The van der Waals surface area contributed by atoms with Gasteiger partial charge < -0.3 is 15.3 Å². The van der Waals surface area contributed by atoms with Gasteiger partial charge in [-0.05, 0) is 20.3 Å². The van der Waals surface area contributed by atoms with Crippen molar-refractivity contribution in [2.45, 2.75) is 33.3 Å². The molecule has 1 aromatic rings. The van der Waals surface area contributed by atoms with Crippen LogP contribution in [0, 0.1) is 0 Å². The molecule has 96 valence electrons. The van der Waals surface area contributed by atoms with Crippen molar-refractivity contribution in [3.8, 4) is 0 Å². The van der Waals surface area contributed by atoms with Gasteiger partial charge in [0.1, 0.15) is 18.0 Å². The van der Waals surface area contributed by atoms with Crippen LogP contribution in [-0.4, -0.2) is 41.3 Å². The molecule has 5 nitrogen and oxygen atoms in total. The minimum absolute atomic E-state index is 0.373. The zero-order valence-corrected chi connectivity index (χ0v) is 11.1. The Morgan fingerprint density at radius 2 is 2.12 bits per heavy atom. The Balaban J connectivity index is 3.01. The lowest BCUT2D eigenvalue weighted by Crippen LogP contribution is -2.29. The molecule has 0 radical (unpaired) electrons. The summed E-state index contributed by atoms with van der Waals surface area (Å²) in [6.45, 7) is 7.30. The summed E-state index contributed by atoms with van der Waals surface area (Å²) in [5.74, 6) is 1.77. The normalized spacial score (nSPS) is 12.3. The van der Waals surface area contributed by atoms with E-state index < -0.39 is 0 Å². The van der Waals surface area contributed by atoms with Crippen molar-refractivity contribution in [3.63, 3.8) is 0 Å². The molecule has 1 heterocycles. The maximum Gasteiger partial charge on any atom is 0.137 e. The van der Waals surface area contributed by atoms with Crippen molar-refractivity contribution in [3.05, 3.63) is 11.9 Å². The van der Waals surface area contributed by atoms with E-state index in [0.717, 1.165) is 30.2 Å². The number of nitrogens with zero attached hydrogens (tertiary/aromatic N) is 3. The van der Waals surface area contributed by atoms with Crippen molar-refractivity contribution in [2.75, 3.05) is 30.4 Å². The number of aliphatic hydroxyl groups is 1. The molecule has 0 bridgehead atoms. The zero-order valence-electron chi connectivity index (χ0n) is 11.1. The average molecular weight is 238 g/mol. The average Bonchev–Trinajstić information content (AvgIpc) is 2.28. The molecule has 0 saturated carbocycles. The molecule has 2 N–H and O–H groups in total. The molecule has 5 heteroatoms. The van der Waals surface area contributed by atoms with Gasteiger partial charge in [-0.2, -0.15) is 0 Å². The highest BCUT2D eigenvalue weighted by Gasteiger charge is 2.13. The van der Waals surface area contributed by atoms with Gasteiger partial charge >= 0.3 is 0 Å². The number of anilines is 2. The lowest BCUT2D eigenvalue weighted by molar-refractivity contribution is 0.201. The molecule has 0 fully saturated rings. The minimum atomic E-state index is -0.373. The molecular weight excluding hydrogens is 216 g/mol. The van der Waals surface area contributed by atoms with Gasteiger partial charge in [0.05, 0.1) is 6.10 Å². The van der Waals surface area contributed by atoms with E-state index in [2.05, 4.69) is 22.2 Å². The molecule has 0 aliphatic heterocycles. The van der Waals surface area contributed by atoms with Gasteiger partial charge in [0.25, 0.3) is 0 Å². The van der Waals surface area contributed by atoms with E-state index in [4.69, 9.17) is 0 Å². The summed E-state index contributed by atoms with van der Waals surface area (Å²) < 4.78 is 0. The Morgan fingerprint density at radius 1 is 1.41 bits per heavy atom. The van der Waals surface area contributed by atoms with Crippen molar-refractivity contribution in [1.82, 2.24) is 9.97 Å². The second-order valence-electron chi connectivity index (χ2n) is 4.14. The lowest BCUT2D eigenvalue weighted by atomic mass is 10.2. The fraction of sp³-hybridized carbons (Fsp3) is 0.667. The van der Waals surface area contributed by atoms with Crippen LogP contribution in [0.2, 0.25) is 0 Å². The Kier molecular flexibility index (Phi) is 5.15. The quantitative estimate of drug-likeness (QED) is 0.782. The third-order valence-electron chi connectivity index (χ3n) is 2.52. The monoisotopic (exact) mass is 238 g/mol.